The predicted molar refractivity (Wildman–Crippen MR) is 165 cm³/mol. The molecule has 0 amide bonds. The van der Waals surface area contributed by atoms with Crippen molar-refractivity contribution in [2.75, 3.05) is 0 Å². The Balaban J connectivity index is 1.77. The Hall–Kier alpha value is -3.22. The van der Waals surface area contributed by atoms with Gasteiger partial charge in [0.05, 0.1) is 5.16 Å². The predicted octanol–water partition coefficient (Wildman–Crippen LogP) is 11.1. The van der Waals surface area contributed by atoms with E-state index >= 15 is 0 Å². The van der Waals surface area contributed by atoms with Crippen LogP contribution in [-0.2, 0) is 30.8 Å². The summed E-state index contributed by atoms with van der Waals surface area (Å²) in [5.41, 5.74) is 12.9. The molecule has 2 nitrogen and oxygen atoms in total. The first kappa shape index (κ1) is 24.8. The van der Waals surface area contributed by atoms with E-state index in [1.807, 2.05) is 0 Å². The Morgan fingerprint density at radius 2 is 0.974 bits per heavy atom. The highest BCUT2D eigenvalue weighted by atomic mass is 31.1. The summed E-state index contributed by atoms with van der Waals surface area (Å²) in [5, 5.41) is 2.50. The van der Waals surface area contributed by atoms with Gasteiger partial charge >= 0.3 is 0 Å². The molecular formula is C36H37O2P. The summed E-state index contributed by atoms with van der Waals surface area (Å²) >= 11 is 0. The number of rotatable bonds is 2. The molecule has 0 N–H and O–H groups in total. The van der Waals surface area contributed by atoms with Gasteiger partial charge in [0.1, 0.15) is 11.2 Å². The summed E-state index contributed by atoms with van der Waals surface area (Å²) in [5.74, 6) is 0. The van der Waals surface area contributed by atoms with E-state index in [-0.39, 0.29) is 5.16 Å². The minimum absolute atomic E-state index is 0.151. The van der Waals surface area contributed by atoms with Crippen LogP contribution in [-0.4, -0.2) is 0 Å². The lowest BCUT2D eigenvalue weighted by Gasteiger charge is -2.23. The standard InChI is InChI=1S/C36H37O2P/c1-36(2,3)39-37-34-30(24-14-6-4-7-15-24)22-26-18-10-12-20-28(26)32(34)33-29-21-13-11-19-27(29)23-31(35(33)38-39)25-16-8-5-9-17-25/h4-9,14-17,22-23H,10-13,18-21H2,1-3H3. The molecule has 198 valence electrons. The van der Waals surface area contributed by atoms with E-state index in [9.17, 15) is 0 Å². The summed E-state index contributed by atoms with van der Waals surface area (Å²) in [6, 6.07) is 26.6. The molecule has 0 saturated heterocycles. The lowest BCUT2D eigenvalue weighted by atomic mass is 9.81. The molecule has 7 rings (SSSR count). The zero-order valence-corrected chi connectivity index (χ0v) is 24.2. The first-order chi connectivity index (χ1) is 19.0. The first-order valence-electron chi connectivity index (χ1n) is 14.6. The molecule has 0 radical (unpaired) electrons. The number of hydrogen-bond donors (Lipinski definition) is 0. The van der Waals surface area contributed by atoms with Crippen LogP contribution in [0.25, 0.3) is 44.2 Å². The maximum Gasteiger partial charge on any atom is 0.222 e. The number of fused-ring (bicyclic) bond motifs is 7. The van der Waals surface area contributed by atoms with Gasteiger partial charge in [-0.1, -0.05) is 60.7 Å². The van der Waals surface area contributed by atoms with E-state index in [0.29, 0.717) is 0 Å². The maximum atomic E-state index is 7.18. The topological polar surface area (TPSA) is 26.3 Å². The summed E-state index contributed by atoms with van der Waals surface area (Å²) in [6.45, 7) is 6.76. The van der Waals surface area contributed by atoms with E-state index in [4.69, 9.17) is 8.39 Å². The summed E-state index contributed by atoms with van der Waals surface area (Å²) in [7, 11) is -1.25. The van der Waals surface area contributed by atoms with Crippen LogP contribution in [0.5, 0.6) is 0 Å². The molecular weight excluding hydrogens is 495 g/mol. The second-order valence-electron chi connectivity index (χ2n) is 12.3. The van der Waals surface area contributed by atoms with Crippen LogP contribution in [0.2, 0.25) is 0 Å². The molecule has 3 heteroatoms. The van der Waals surface area contributed by atoms with Crippen molar-refractivity contribution < 1.29 is 8.39 Å². The first-order valence-corrected chi connectivity index (χ1v) is 15.8. The largest absolute Gasteiger partial charge is 0.418 e. The van der Waals surface area contributed by atoms with Crippen molar-refractivity contribution in [1.29, 1.82) is 0 Å². The van der Waals surface area contributed by atoms with Crippen LogP contribution in [0.3, 0.4) is 0 Å². The van der Waals surface area contributed by atoms with Crippen molar-refractivity contribution in [3.8, 4) is 22.3 Å². The zero-order chi connectivity index (χ0) is 26.6. The van der Waals surface area contributed by atoms with Crippen molar-refractivity contribution in [1.82, 2.24) is 0 Å². The molecule has 0 fully saturated rings. The molecule has 2 aliphatic rings. The second kappa shape index (κ2) is 9.76. The third-order valence-electron chi connectivity index (χ3n) is 8.52. The van der Waals surface area contributed by atoms with Gasteiger partial charge in [-0.3, -0.25) is 0 Å². The Labute approximate surface area is 232 Å². The quantitative estimate of drug-likeness (QED) is 0.226. The highest BCUT2D eigenvalue weighted by Gasteiger charge is 2.28. The Kier molecular flexibility index (Phi) is 6.20. The third kappa shape index (κ3) is 4.34. The van der Waals surface area contributed by atoms with Crippen molar-refractivity contribution >= 4 is 30.0 Å². The average molecular weight is 533 g/mol. The Morgan fingerprint density at radius 1 is 0.564 bits per heavy atom. The van der Waals surface area contributed by atoms with Gasteiger partial charge in [0, 0.05) is 21.9 Å². The van der Waals surface area contributed by atoms with Gasteiger partial charge in [-0.15, -0.1) is 0 Å². The van der Waals surface area contributed by atoms with Crippen LogP contribution < -0.4 is 0 Å². The number of aryl methyl sites for hydroxylation is 4. The van der Waals surface area contributed by atoms with Crippen molar-refractivity contribution in [3.05, 3.63) is 95.1 Å². The van der Waals surface area contributed by atoms with Gasteiger partial charge in [-0.25, -0.2) is 0 Å². The Bertz CT molecular complexity index is 1600. The van der Waals surface area contributed by atoms with Crippen LogP contribution in [0.1, 0.15) is 68.7 Å². The van der Waals surface area contributed by atoms with E-state index in [1.54, 1.807) is 0 Å². The maximum absolute atomic E-state index is 7.18. The fourth-order valence-corrected chi connectivity index (χ4v) is 7.91. The summed E-state index contributed by atoms with van der Waals surface area (Å²) < 4.78 is 14.4. The molecule has 1 aromatic heterocycles. The monoisotopic (exact) mass is 532 g/mol. The van der Waals surface area contributed by atoms with Gasteiger partial charge in [0.2, 0.25) is 8.01 Å². The minimum Gasteiger partial charge on any atom is -0.418 e. The molecule has 2 aliphatic carbocycles. The lowest BCUT2D eigenvalue weighted by Crippen LogP contribution is -2.07. The number of benzene rings is 4. The fraction of sp³-hybridized carbons (Fsp3) is 0.333. The minimum atomic E-state index is -1.25. The average Bonchev–Trinajstić information content (AvgIpc) is 3.16. The van der Waals surface area contributed by atoms with Gasteiger partial charge in [-0.2, -0.15) is 0 Å². The Morgan fingerprint density at radius 3 is 1.38 bits per heavy atom. The third-order valence-corrected chi connectivity index (χ3v) is 10.3. The highest BCUT2D eigenvalue weighted by molar-refractivity contribution is 7.38. The van der Waals surface area contributed by atoms with Crippen molar-refractivity contribution in [2.45, 2.75) is 77.3 Å². The molecule has 0 saturated carbocycles. The van der Waals surface area contributed by atoms with Crippen LogP contribution in [0, 0.1) is 0 Å². The summed E-state index contributed by atoms with van der Waals surface area (Å²) in [6.07, 6.45) is 9.44. The SMILES string of the molecule is CC(C)(C)p1oc2c(-c3ccccc3)cc3c(c2c2c4c(cc(-c5ccccc5)c2o1)CCCC4)CCCC3. The van der Waals surface area contributed by atoms with E-state index in [2.05, 4.69) is 93.6 Å². The van der Waals surface area contributed by atoms with Gasteiger partial charge in [-0.05, 0) is 118 Å². The molecule has 0 bridgehead atoms. The smallest absolute Gasteiger partial charge is 0.222 e. The van der Waals surface area contributed by atoms with E-state index in [1.165, 1.54) is 81.0 Å². The fourth-order valence-electron chi connectivity index (χ4n) is 6.61. The van der Waals surface area contributed by atoms with Gasteiger partial charge < -0.3 is 8.39 Å². The lowest BCUT2D eigenvalue weighted by molar-refractivity contribution is 0.565. The summed E-state index contributed by atoms with van der Waals surface area (Å²) in [4.78, 5) is 0. The molecule has 1 heterocycles. The van der Waals surface area contributed by atoms with Gasteiger partial charge in [0.25, 0.3) is 0 Å². The molecule has 5 aromatic rings. The van der Waals surface area contributed by atoms with E-state index in [0.717, 1.165) is 36.8 Å². The van der Waals surface area contributed by atoms with Crippen LogP contribution in [0.15, 0.2) is 81.2 Å². The van der Waals surface area contributed by atoms with Crippen molar-refractivity contribution in [3.63, 3.8) is 0 Å². The molecule has 0 aliphatic heterocycles. The highest BCUT2D eigenvalue weighted by Crippen LogP contribution is 2.52. The van der Waals surface area contributed by atoms with Crippen LogP contribution >= 0.6 is 8.01 Å². The molecule has 0 spiro atoms. The van der Waals surface area contributed by atoms with Crippen molar-refractivity contribution in [2.24, 2.45) is 0 Å². The van der Waals surface area contributed by atoms with Gasteiger partial charge in [0.15, 0.2) is 0 Å². The second-order valence-corrected chi connectivity index (χ2v) is 14.5. The van der Waals surface area contributed by atoms with E-state index < -0.39 is 8.01 Å². The zero-order valence-electron chi connectivity index (χ0n) is 23.3. The molecule has 0 atom stereocenters. The normalized spacial score (nSPS) is 15.3. The number of hydrogen-bond acceptors (Lipinski definition) is 2. The molecule has 4 aromatic carbocycles. The molecule has 39 heavy (non-hydrogen) atoms. The molecule has 0 unspecified atom stereocenters. The van der Waals surface area contributed by atoms with Crippen LogP contribution in [0.4, 0.5) is 0 Å².